The van der Waals surface area contributed by atoms with Crippen molar-refractivity contribution in [1.82, 2.24) is 8.87 Å². The number of fused-ring (bicyclic) bond motifs is 1. The molecule has 1 fully saturated rings. The van der Waals surface area contributed by atoms with E-state index in [0.29, 0.717) is 45.2 Å². The van der Waals surface area contributed by atoms with Crippen LogP contribution < -0.4 is 4.80 Å². The number of halogens is 1. The van der Waals surface area contributed by atoms with E-state index in [4.69, 9.17) is 4.74 Å². The predicted molar refractivity (Wildman–Crippen MR) is 118 cm³/mol. The highest BCUT2D eigenvalue weighted by molar-refractivity contribution is 7.91. The smallest absolute Gasteiger partial charge is 0.252 e. The second-order valence-electron chi connectivity index (χ2n) is 7.18. The van der Waals surface area contributed by atoms with Gasteiger partial charge in [-0.1, -0.05) is 23.5 Å². The van der Waals surface area contributed by atoms with E-state index < -0.39 is 10.0 Å². The zero-order valence-corrected chi connectivity index (χ0v) is 19.3. The van der Waals surface area contributed by atoms with Crippen molar-refractivity contribution >= 4 is 48.8 Å². The molecule has 0 saturated carbocycles. The Kier molecular flexibility index (Phi) is 6.68. The monoisotopic (exact) mass is 483 g/mol. The normalized spacial score (nSPS) is 16.9. The van der Waals surface area contributed by atoms with Gasteiger partial charge in [-0.25, -0.2) is 12.8 Å². The standard InChI is InChI=1S/C20H22FN3O4S3/c1-28-12-11-24-18-15(21)4-2-5-16(18)30-20(24)22-19(25)14-7-9-23(10-8-14)31(26,27)17-6-3-13-29-17/h2-6,13-14H,7-12H2,1H3. The van der Waals surface area contributed by atoms with Gasteiger partial charge in [-0.2, -0.15) is 9.30 Å². The van der Waals surface area contributed by atoms with Gasteiger partial charge in [0.05, 0.1) is 16.8 Å². The summed E-state index contributed by atoms with van der Waals surface area (Å²) in [5, 5.41) is 1.73. The molecule has 0 aliphatic carbocycles. The van der Waals surface area contributed by atoms with Crippen LogP contribution in [0.1, 0.15) is 12.8 Å². The highest BCUT2D eigenvalue weighted by Crippen LogP contribution is 2.27. The Morgan fingerprint density at radius 2 is 2.03 bits per heavy atom. The number of thiophene rings is 1. The molecule has 166 valence electrons. The number of hydrogen-bond donors (Lipinski definition) is 0. The van der Waals surface area contributed by atoms with E-state index in [2.05, 4.69) is 4.99 Å². The maximum atomic E-state index is 14.4. The molecule has 1 aliphatic rings. The number of rotatable bonds is 6. The van der Waals surface area contributed by atoms with Gasteiger partial charge in [0.25, 0.3) is 15.9 Å². The summed E-state index contributed by atoms with van der Waals surface area (Å²) in [7, 11) is -1.95. The van der Waals surface area contributed by atoms with E-state index in [-0.39, 0.29) is 30.7 Å². The number of hydrogen-bond acceptors (Lipinski definition) is 6. The number of piperidine rings is 1. The fraction of sp³-hybridized carbons (Fsp3) is 0.400. The molecule has 3 aromatic rings. The molecule has 1 aromatic carbocycles. The lowest BCUT2D eigenvalue weighted by Crippen LogP contribution is -2.40. The molecule has 0 radical (unpaired) electrons. The Labute approximate surface area is 187 Å². The molecule has 0 atom stereocenters. The van der Waals surface area contributed by atoms with E-state index in [1.807, 2.05) is 0 Å². The van der Waals surface area contributed by atoms with Gasteiger partial charge in [0.1, 0.15) is 10.0 Å². The quantitative estimate of drug-likeness (QED) is 0.540. The third-order valence-electron chi connectivity index (χ3n) is 5.27. The number of para-hydroxylation sites is 1. The predicted octanol–water partition coefficient (Wildman–Crippen LogP) is 3.08. The zero-order chi connectivity index (χ0) is 22.0. The summed E-state index contributed by atoms with van der Waals surface area (Å²) < 4.78 is 49.0. The van der Waals surface area contributed by atoms with Crippen molar-refractivity contribution in [3.63, 3.8) is 0 Å². The number of amides is 1. The molecule has 7 nitrogen and oxygen atoms in total. The van der Waals surface area contributed by atoms with E-state index >= 15 is 0 Å². The largest absolute Gasteiger partial charge is 0.383 e. The molecule has 2 aromatic heterocycles. The van der Waals surface area contributed by atoms with Crippen molar-refractivity contribution in [2.45, 2.75) is 23.6 Å². The molecule has 3 heterocycles. The Hall–Kier alpha value is -1.92. The summed E-state index contributed by atoms with van der Waals surface area (Å²) in [4.78, 5) is 17.6. The van der Waals surface area contributed by atoms with Crippen LogP contribution >= 0.6 is 22.7 Å². The van der Waals surface area contributed by atoms with Crippen LogP contribution in [-0.4, -0.2) is 50.0 Å². The maximum Gasteiger partial charge on any atom is 0.252 e. The first kappa shape index (κ1) is 22.3. The molecule has 0 spiro atoms. The molecule has 1 amide bonds. The lowest BCUT2D eigenvalue weighted by atomic mass is 9.98. The van der Waals surface area contributed by atoms with Crippen molar-refractivity contribution in [1.29, 1.82) is 0 Å². The fourth-order valence-corrected chi connectivity index (χ4v) is 7.32. The minimum absolute atomic E-state index is 0.275. The van der Waals surface area contributed by atoms with Gasteiger partial charge in [0.2, 0.25) is 0 Å². The van der Waals surface area contributed by atoms with Crippen LogP contribution in [0, 0.1) is 11.7 Å². The summed E-state index contributed by atoms with van der Waals surface area (Å²) in [6.07, 6.45) is 0.814. The van der Waals surface area contributed by atoms with Gasteiger partial charge in [0, 0.05) is 32.7 Å². The highest BCUT2D eigenvalue weighted by atomic mass is 32.2. The number of methoxy groups -OCH3 is 1. The van der Waals surface area contributed by atoms with Crippen LogP contribution in [0.25, 0.3) is 10.2 Å². The lowest BCUT2D eigenvalue weighted by molar-refractivity contribution is -0.122. The first-order valence-electron chi connectivity index (χ1n) is 9.81. The van der Waals surface area contributed by atoms with Crippen molar-refractivity contribution in [3.05, 3.63) is 46.3 Å². The van der Waals surface area contributed by atoms with Gasteiger partial charge in [-0.3, -0.25) is 4.79 Å². The van der Waals surface area contributed by atoms with E-state index in [1.165, 1.54) is 33.0 Å². The van der Waals surface area contributed by atoms with Gasteiger partial charge in [-0.15, -0.1) is 11.3 Å². The highest BCUT2D eigenvalue weighted by Gasteiger charge is 2.32. The molecular formula is C20H22FN3O4S3. The fourth-order valence-electron chi connectivity index (χ4n) is 3.63. The number of aromatic nitrogens is 1. The third-order valence-corrected chi connectivity index (χ3v) is 9.58. The molecular weight excluding hydrogens is 461 g/mol. The van der Waals surface area contributed by atoms with Crippen molar-refractivity contribution in [2.24, 2.45) is 10.9 Å². The zero-order valence-electron chi connectivity index (χ0n) is 16.9. The molecule has 1 aliphatic heterocycles. The number of benzene rings is 1. The topological polar surface area (TPSA) is 81.0 Å². The summed E-state index contributed by atoms with van der Waals surface area (Å²) in [6, 6.07) is 8.10. The summed E-state index contributed by atoms with van der Waals surface area (Å²) in [6.45, 7) is 1.29. The summed E-state index contributed by atoms with van der Waals surface area (Å²) in [5.74, 6) is -1.03. The first-order chi connectivity index (χ1) is 14.9. The van der Waals surface area contributed by atoms with E-state index in [9.17, 15) is 17.6 Å². The minimum Gasteiger partial charge on any atom is -0.383 e. The van der Waals surface area contributed by atoms with E-state index in [0.717, 1.165) is 0 Å². The van der Waals surface area contributed by atoms with Crippen molar-refractivity contribution in [3.8, 4) is 0 Å². The second-order valence-corrected chi connectivity index (χ2v) is 11.3. The molecule has 0 N–H and O–H groups in total. The van der Waals surface area contributed by atoms with Crippen LogP contribution in [0.4, 0.5) is 4.39 Å². The number of sulfonamides is 1. The SMILES string of the molecule is COCCn1c(=NC(=O)C2CCN(S(=O)(=O)c3cccs3)CC2)sc2cccc(F)c21. The van der Waals surface area contributed by atoms with Gasteiger partial charge in [-0.05, 0) is 36.4 Å². The van der Waals surface area contributed by atoms with Crippen molar-refractivity contribution in [2.75, 3.05) is 26.8 Å². The summed E-state index contributed by atoms with van der Waals surface area (Å²) in [5.41, 5.74) is 0.410. The van der Waals surface area contributed by atoms with Gasteiger partial charge in [0.15, 0.2) is 4.80 Å². The third kappa shape index (κ3) is 4.51. The van der Waals surface area contributed by atoms with Crippen LogP contribution in [0.5, 0.6) is 0 Å². The maximum absolute atomic E-state index is 14.4. The molecule has 1 saturated heterocycles. The Balaban J connectivity index is 1.55. The number of carbonyl (C=O) groups excluding carboxylic acids is 1. The molecule has 31 heavy (non-hydrogen) atoms. The average Bonchev–Trinajstić information content (AvgIpc) is 3.42. The van der Waals surface area contributed by atoms with E-state index in [1.54, 1.807) is 41.3 Å². The Bertz CT molecular complexity index is 1240. The number of thiazole rings is 1. The van der Waals surface area contributed by atoms with Crippen LogP contribution in [0.3, 0.4) is 0 Å². The summed E-state index contributed by atoms with van der Waals surface area (Å²) >= 11 is 2.45. The van der Waals surface area contributed by atoms with Crippen LogP contribution in [0.2, 0.25) is 0 Å². The van der Waals surface area contributed by atoms with Crippen molar-refractivity contribution < 1.29 is 22.3 Å². The van der Waals surface area contributed by atoms with Crippen LogP contribution in [0.15, 0.2) is 44.9 Å². The molecule has 0 unspecified atom stereocenters. The number of carbonyl (C=O) groups is 1. The van der Waals surface area contributed by atoms with Gasteiger partial charge >= 0.3 is 0 Å². The Morgan fingerprint density at radius 3 is 2.71 bits per heavy atom. The van der Waals surface area contributed by atoms with Crippen LogP contribution in [-0.2, 0) is 26.1 Å². The minimum atomic E-state index is -3.51. The Morgan fingerprint density at radius 1 is 1.26 bits per heavy atom. The molecule has 11 heteroatoms. The molecule has 4 rings (SSSR count). The molecule has 0 bridgehead atoms. The second kappa shape index (κ2) is 9.29. The number of ether oxygens (including phenoxy) is 1. The lowest BCUT2D eigenvalue weighted by Gasteiger charge is -2.29. The van der Waals surface area contributed by atoms with Gasteiger partial charge < -0.3 is 9.30 Å². The number of nitrogens with zero attached hydrogens (tertiary/aromatic N) is 3. The first-order valence-corrected chi connectivity index (χ1v) is 12.9. The average molecular weight is 484 g/mol.